The molecule has 0 amide bonds. The maximum Gasteiger partial charge on any atom is 0.137 e. The van der Waals surface area contributed by atoms with Crippen LogP contribution in [-0.2, 0) is 19.5 Å². The first-order valence-electron chi connectivity index (χ1n) is 12.4. The van der Waals surface area contributed by atoms with E-state index in [0.717, 1.165) is 57.9 Å². The molecule has 2 aromatic carbocycles. The highest BCUT2D eigenvalue weighted by Crippen LogP contribution is 2.31. The van der Waals surface area contributed by atoms with Crippen LogP contribution in [0, 0.1) is 13.8 Å². The lowest BCUT2D eigenvalue weighted by molar-refractivity contribution is 0.269. The summed E-state index contributed by atoms with van der Waals surface area (Å²) < 4.78 is 2.22. The average molecular weight is 446 g/mol. The van der Waals surface area contributed by atoms with Gasteiger partial charge in [-0.15, -0.1) is 0 Å². The van der Waals surface area contributed by atoms with E-state index >= 15 is 0 Å². The van der Waals surface area contributed by atoms with E-state index in [1.54, 1.807) is 0 Å². The molecule has 5 nitrogen and oxygen atoms in total. The Balaban J connectivity index is 1.74. The zero-order valence-electron chi connectivity index (χ0n) is 21.0. The molecule has 1 aliphatic heterocycles. The largest absolute Gasteiger partial charge is 0.354 e. The Bertz CT molecular complexity index is 1060. The normalized spacial score (nSPS) is 14.9. The molecule has 0 unspecified atom stereocenters. The molecule has 0 N–H and O–H groups in total. The van der Waals surface area contributed by atoms with Gasteiger partial charge in [-0.2, -0.15) is 5.10 Å². The van der Waals surface area contributed by atoms with Gasteiger partial charge >= 0.3 is 0 Å². The highest BCUT2D eigenvalue weighted by atomic mass is 15.4. The van der Waals surface area contributed by atoms with Crippen LogP contribution in [0.4, 0.5) is 5.82 Å². The van der Waals surface area contributed by atoms with E-state index < -0.39 is 0 Å². The average Bonchev–Trinajstić information content (AvgIpc) is 3.18. The Kier molecular flexibility index (Phi) is 7.51. The van der Waals surface area contributed by atoms with E-state index in [1.165, 1.54) is 33.8 Å². The van der Waals surface area contributed by atoms with E-state index in [-0.39, 0.29) is 0 Å². The smallest absolute Gasteiger partial charge is 0.137 e. The predicted molar refractivity (Wildman–Crippen MR) is 138 cm³/mol. The van der Waals surface area contributed by atoms with E-state index in [2.05, 4.69) is 103 Å². The Labute approximate surface area is 199 Å². The molecular weight excluding hydrogens is 406 g/mol. The van der Waals surface area contributed by atoms with Crippen molar-refractivity contribution in [1.82, 2.24) is 19.6 Å². The highest BCUT2D eigenvalue weighted by molar-refractivity contribution is 5.56. The summed E-state index contributed by atoms with van der Waals surface area (Å²) in [7, 11) is 2.22. The molecule has 0 spiro atoms. The number of rotatable bonds is 8. The quantitative estimate of drug-likeness (QED) is 0.497. The van der Waals surface area contributed by atoms with Crippen molar-refractivity contribution in [3.63, 3.8) is 0 Å². The van der Waals surface area contributed by atoms with Gasteiger partial charge in [-0.25, -0.2) is 4.68 Å². The van der Waals surface area contributed by atoms with Gasteiger partial charge in [0.15, 0.2) is 0 Å². The molecule has 33 heavy (non-hydrogen) atoms. The molecular formula is C28H39N5. The summed E-state index contributed by atoms with van der Waals surface area (Å²) in [4.78, 5) is 7.53. The van der Waals surface area contributed by atoms with E-state index in [0.29, 0.717) is 0 Å². The SMILES string of the molecule is CCc1nn(-c2cccc(C)c2)c(N2CCN(C)CC2)c1CN(CC)Cc1ccccc1C. The third-order valence-corrected chi connectivity index (χ3v) is 6.91. The molecule has 4 rings (SSSR count). The van der Waals surface area contributed by atoms with Crippen LogP contribution < -0.4 is 4.90 Å². The number of hydrogen-bond donors (Lipinski definition) is 0. The minimum Gasteiger partial charge on any atom is -0.354 e. The summed E-state index contributed by atoms with van der Waals surface area (Å²) >= 11 is 0. The van der Waals surface area contributed by atoms with Crippen molar-refractivity contribution >= 4 is 5.82 Å². The van der Waals surface area contributed by atoms with Gasteiger partial charge in [-0.1, -0.05) is 50.2 Å². The second-order valence-corrected chi connectivity index (χ2v) is 9.37. The van der Waals surface area contributed by atoms with Gasteiger partial charge in [0, 0.05) is 44.8 Å². The number of nitrogens with zero attached hydrogens (tertiary/aromatic N) is 5. The monoisotopic (exact) mass is 445 g/mol. The summed E-state index contributed by atoms with van der Waals surface area (Å²) in [5.74, 6) is 1.29. The van der Waals surface area contributed by atoms with Gasteiger partial charge in [-0.3, -0.25) is 4.90 Å². The lowest BCUT2D eigenvalue weighted by Crippen LogP contribution is -2.45. The summed E-state index contributed by atoms with van der Waals surface area (Å²) in [6.45, 7) is 16.0. The molecule has 3 aromatic rings. The van der Waals surface area contributed by atoms with Gasteiger partial charge in [0.1, 0.15) is 5.82 Å². The van der Waals surface area contributed by atoms with Crippen molar-refractivity contribution in [1.29, 1.82) is 0 Å². The van der Waals surface area contributed by atoms with Gasteiger partial charge in [0.05, 0.1) is 11.4 Å². The molecule has 2 heterocycles. The fourth-order valence-electron chi connectivity index (χ4n) is 4.75. The summed E-state index contributed by atoms with van der Waals surface area (Å²) in [6, 6.07) is 17.5. The molecule has 0 atom stereocenters. The molecule has 1 fully saturated rings. The molecule has 0 bridgehead atoms. The number of likely N-dealkylation sites (N-methyl/N-ethyl adjacent to an activating group) is 1. The van der Waals surface area contributed by atoms with Crippen LogP contribution in [-0.4, -0.2) is 59.4 Å². The Morgan fingerprint density at radius 3 is 2.33 bits per heavy atom. The first-order valence-corrected chi connectivity index (χ1v) is 12.4. The second kappa shape index (κ2) is 10.5. The van der Waals surface area contributed by atoms with Crippen LogP contribution in [0.15, 0.2) is 48.5 Å². The third-order valence-electron chi connectivity index (χ3n) is 6.91. The first-order chi connectivity index (χ1) is 16.0. The highest BCUT2D eigenvalue weighted by Gasteiger charge is 2.26. The number of anilines is 1. The number of piperazine rings is 1. The second-order valence-electron chi connectivity index (χ2n) is 9.37. The summed E-state index contributed by atoms with van der Waals surface area (Å²) in [6.07, 6.45) is 0.941. The number of aromatic nitrogens is 2. The Morgan fingerprint density at radius 2 is 1.67 bits per heavy atom. The molecule has 1 aliphatic rings. The molecule has 0 aliphatic carbocycles. The van der Waals surface area contributed by atoms with Gasteiger partial charge in [-0.05, 0) is 62.7 Å². The zero-order valence-corrected chi connectivity index (χ0v) is 21.0. The number of aryl methyl sites for hydroxylation is 3. The predicted octanol–water partition coefficient (Wildman–Crippen LogP) is 4.83. The molecule has 1 aromatic heterocycles. The van der Waals surface area contributed by atoms with Crippen LogP contribution in [0.25, 0.3) is 5.69 Å². The molecule has 5 heteroatoms. The van der Waals surface area contributed by atoms with Crippen molar-refractivity contribution in [2.24, 2.45) is 0 Å². The van der Waals surface area contributed by atoms with Crippen LogP contribution in [0.3, 0.4) is 0 Å². The van der Waals surface area contributed by atoms with E-state index in [1.807, 2.05) is 0 Å². The van der Waals surface area contributed by atoms with E-state index in [9.17, 15) is 0 Å². The fourth-order valence-corrected chi connectivity index (χ4v) is 4.75. The minimum atomic E-state index is 0.918. The molecule has 0 saturated carbocycles. The maximum atomic E-state index is 5.18. The molecule has 176 valence electrons. The van der Waals surface area contributed by atoms with Crippen molar-refractivity contribution in [2.75, 3.05) is 44.7 Å². The summed E-state index contributed by atoms with van der Waals surface area (Å²) in [5.41, 5.74) is 7.80. The molecule has 1 saturated heterocycles. The topological polar surface area (TPSA) is 27.5 Å². The number of benzene rings is 2. The van der Waals surface area contributed by atoms with Crippen molar-refractivity contribution < 1.29 is 0 Å². The Hall–Kier alpha value is -2.63. The van der Waals surface area contributed by atoms with E-state index in [4.69, 9.17) is 5.10 Å². The van der Waals surface area contributed by atoms with Crippen LogP contribution in [0.2, 0.25) is 0 Å². The minimum absolute atomic E-state index is 0.918. The first kappa shape index (κ1) is 23.5. The van der Waals surface area contributed by atoms with Crippen LogP contribution in [0.5, 0.6) is 0 Å². The Morgan fingerprint density at radius 1 is 0.909 bits per heavy atom. The van der Waals surface area contributed by atoms with Gasteiger partial charge in [0.2, 0.25) is 0 Å². The van der Waals surface area contributed by atoms with Crippen LogP contribution >= 0.6 is 0 Å². The lowest BCUT2D eigenvalue weighted by Gasteiger charge is -2.35. The van der Waals surface area contributed by atoms with Crippen molar-refractivity contribution in [3.05, 3.63) is 76.5 Å². The van der Waals surface area contributed by atoms with Gasteiger partial charge in [0.25, 0.3) is 0 Å². The zero-order chi connectivity index (χ0) is 23.4. The standard InChI is InChI=1S/C28H39N5/c1-6-27-26(21-31(7-2)20-24-13-9-8-12-23(24)4)28(32-17-15-30(5)16-18-32)33(29-27)25-14-10-11-22(3)19-25/h8-14,19H,6-7,15-18,20-21H2,1-5H3. The van der Waals surface area contributed by atoms with Gasteiger partial charge < -0.3 is 9.80 Å². The molecule has 0 radical (unpaired) electrons. The number of hydrogen-bond acceptors (Lipinski definition) is 4. The van der Waals surface area contributed by atoms with Crippen molar-refractivity contribution in [3.8, 4) is 5.69 Å². The lowest BCUT2D eigenvalue weighted by atomic mass is 10.1. The fraction of sp³-hybridized carbons (Fsp3) is 0.464. The maximum absolute atomic E-state index is 5.18. The van der Waals surface area contributed by atoms with Crippen LogP contribution in [0.1, 0.15) is 41.8 Å². The summed E-state index contributed by atoms with van der Waals surface area (Å²) in [5, 5.41) is 5.18. The van der Waals surface area contributed by atoms with Crippen molar-refractivity contribution in [2.45, 2.75) is 47.2 Å². The third kappa shape index (κ3) is 5.31.